The minimum atomic E-state index is -0.584. The standard InChI is InChI=1S/C18H18ClNO4S/c1-18(2,3)17(23)20-12-6-4-11(5-7-12)13(21)10-24-16(22)14-8-9-15(19)25-14/h4-9H,10H2,1-3H3,(H,20,23). The molecule has 0 spiro atoms. The number of hydrogen-bond acceptors (Lipinski definition) is 5. The summed E-state index contributed by atoms with van der Waals surface area (Å²) >= 11 is 6.85. The van der Waals surface area contributed by atoms with Gasteiger partial charge >= 0.3 is 5.97 Å². The lowest BCUT2D eigenvalue weighted by molar-refractivity contribution is -0.123. The lowest BCUT2D eigenvalue weighted by Crippen LogP contribution is -2.27. The maximum atomic E-state index is 12.1. The van der Waals surface area contributed by atoms with Crippen LogP contribution in [0, 0.1) is 5.41 Å². The van der Waals surface area contributed by atoms with E-state index < -0.39 is 11.4 Å². The summed E-state index contributed by atoms with van der Waals surface area (Å²) in [6.45, 7) is 5.09. The van der Waals surface area contributed by atoms with E-state index in [1.165, 1.54) is 0 Å². The van der Waals surface area contributed by atoms with Crippen molar-refractivity contribution < 1.29 is 19.1 Å². The molecular formula is C18H18ClNO4S. The highest BCUT2D eigenvalue weighted by Crippen LogP contribution is 2.22. The predicted molar refractivity (Wildman–Crippen MR) is 98.5 cm³/mol. The number of nitrogens with one attached hydrogen (secondary N) is 1. The maximum Gasteiger partial charge on any atom is 0.348 e. The van der Waals surface area contributed by atoms with Gasteiger partial charge in [0, 0.05) is 16.7 Å². The van der Waals surface area contributed by atoms with Crippen LogP contribution in [0.2, 0.25) is 4.34 Å². The molecule has 5 nitrogen and oxygen atoms in total. The molecule has 7 heteroatoms. The third kappa shape index (κ3) is 5.41. The third-order valence-electron chi connectivity index (χ3n) is 3.25. The summed E-state index contributed by atoms with van der Waals surface area (Å²) < 4.78 is 5.47. The Morgan fingerprint density at radius 1 is 1.08 bits per heavy atom. The molecule has 132 valence electrons. The highest BCUT2D eigenvalue weighted by atomic mass is 35.5. The number of anilines is 1. The van der Waals surface area contributed by atoms with Gasteiger partial charge in [0.1, 0.15) is 4.88 Å². The van der Waals surface area contributed by atoms with Crippen molar-refractivity contribution in [2.75, 3.05) is 11.9 Å². The van der Waals surface area contributed by atoms with Gasteiger partial charge in [0.2, 0.25) is 5.91 Å². The first-order valence-corrected chi connectivity index (χ1v) is 8.73. The highest BCUT2D eigenvalue weighted by molar-refractivity contribution is 7.17. The van der Waals surface area contributed by atoms with E-state index in [1.54, 1.807) is 36.4 Å². The number of halogens is 1. The van der Waals surface area contributed by atoms with Crippen LogP contribution in [-0.4, -0.2) is 24.3 Å². The third-order valence-corrected chi connectivity index (χ3v) is 4.47. The molecule has 0 aliphatic rings. The van der Waals surface area contributed by atoms with Crippen molar-refractivity contribution in [1.82, 2.24) is 0 Å². The van der Waals surface area contributed by atoms with Gasteiger partial charge < -0.3 is 10.1 Å². The van der Waals surface area contributed by atoms with Crippen LogP contribution in [0.1, 0.15) is 40.8 Å². The van der Waals surface area contributed by atoms with E-state index in [2.05, 4.69) is 5.32 Å². The molecule has 0 saturated heterocycles. The zero-order chi connectivity index (χ0) is 18.6. The number of rotatable bonds is 5. The van der Waals surface area contributed by atoms with E-state index in [0.29, 0.717) is 20.5 Å². The molecule has 1 amide bonds. The zero-order valence-corrected chi connectivity index (χ0v) is 15.7. The number of benzene rings is 1. The molecule has 0 radical (unpaired) electrons. The lowest BCUT2D eigenvalue weighted by Gasteiger charge is -2.17. The second-order valence-corrected chi connectivity index (χ2v) is 8.10. The second kappa shape index (κ2) is 7.80. The molecule has 0 atom stereocenters. The first kappa shape index (κ1) is 19.1. The Balaban J connectivity index is 1.92. The first-order chi connectivity index (χ1) is 11.7. The Morgan fingerprint density at radius 3 is 2.24 bits per heavy atom. The maximum absolute atomic E-state index is 12.1. The summed E-state index contributed by atoms with van der Waals surface area (Å²) in [5.41, 5.74) is 0.486. The predicted octanol–water partition coefficient (Wildman–Crippen LogP) is 4.43. The van der Waals surface area contributed by atoms with Crippen molar-refractivity contribution in [3.63, 3.8) is 0 Å². The van der Waals surface area contributed by atoms with Gasteiger partial charge in [-0.05, 0) is 36.4 Å². The Bertz CT molecular complexity index is 790. The van der Waals surface area contributed by atoms with E-state index in [0.717, 1.165) is 11.3 Å². The number of esters is 1. The van der Waals surface area contributed by atoms with Crippen molar-refractivity contribution in [3.8, 4) is 0 Å². The van der Waals surface area contributed by atoms with Gasteiger partial charge in [0.25, 0.3) is 0 Å². The molecule has 0 fully saturated rings. The van der Waals surface area contributed by atoms with Crippen LogP contribution in [0.15, 0.2) is 36.4 Å². The fraction of sp³-hybridized carbons (Fsp3) is 0.278. The van der Waals surface area contributed by atoms with Crippen molar-refractivity contribution in [2.45, 2.75) is 20.8 Å². The molecule has 0 aliphatic heterocycles. The average Bonchev–Trinajstić information content (AvgIpc) is 2.98. The molecule has 0 saturated carbocycles. The Labute approximate surface area is 154 Å². The SMILES string of the molecule is CC(C)(C)C(=O)Nc1ccc(C(=O)COC(=O)c2ccc(Cl)s2)cc1. The molecule has 2 aromatic rings. The molecule has 2 rings (SSSR count). The number of carbonyl (C=O) groups is 3. The number of Topliss-reactive ketones (excluding diaryl/α,β-unsaturated/α-hetero) is 1. The Hall–Kier alpha value is -2.18. The van der Waals surface area contributed by atoms with E-state index in [9.17, 15) is 14.4 Å². The minimum absolute atomic E-state index is 0.116. The molecular weight excluding hydrogens is 362 g/mol. The number of amides is 1. The Morgan fingerprint density at radius 2 is 1.72 bits per heavy atom. The topological polar surface area (TPSA) is 72.5 Å². The van der Waals surface area contributed by atoms with E-state index in [4.69, 9.17) is 16.3 Å². The van der Waals surface area contributed by atoms with Gasteiger partial charge in [-0.3, -0.25) is 9.59 Å². The molecule has 1 aromatic carbocycles. The monoisotopic (exact) mass is 379 g/mol. The van der Waals surface area contributed by atoms with Crippen LogP contribution in [0.3, 0.4) is 0 Å². The Kier molecular flexibility index (Phi) is 5.98. The fourth-order valence-corrected chi connectivity index (χ4v) is 2.70. The van der Waals surface area contributed by atoms with Gasteiger partial charge in [-0.2, -0.15) is 0 Å². The first-order valence-electron chi connectivity index (χ1n) is 7.54. The summed E-state index contributed by atoms with van der Waals surface area (Å²) in [6, 6.07) is 9.57. The second-order valence-electron chi connectivity index (χ2n) is 6.38. The summed E-state index contributed by atoms with van der Waals surface area (Å²) in [7, 11) is 0. The van der Waals surface area contributed by atoms with Gasteiger partial charge in [-0.15, -0.1) is 11.3 Å². The average molecular weight is 380 g/mol. The largest absolute Gasteiger partial charge is 0.453 e. The molecule has 1 aromatic heterocycles. The van der Waals surface area contributed by atoms with Crippen LogP contribution in [0.5, 0.6) is 0 Å². The van der Waals surface area contributed by atoms with E-state index >= 15 is 0 Å². The zero-order valence-electron chi connectivity index (χ0n) is 14.1. The summed E-state index contributed by atoms with van der Waals surface area (Å²) in [6.07, 6.45) is 0. The van der Waals surface area contributed by atoms with Crippen molar-refractivity contribution in [1.29, 1.82) is 0 Å². The quantitative estimate of drug-likeness (QED) is 0.616. The van der Waals surface area contributed by atoms with E-state index in [-0.39, 0.29) is 18.3 Å². The van der Waals surface area contributed by atoms with Gasteiger partial charge in [0.05, 0.1) is 4.34 Å². The van der Waals surface area contributed by atoms with Crippen molar-refractivity contribution in [2.24, 2.45) is 5.41 Å². The highest BCUT2D eigenvalue weighted by Gasteiger charge is 2.21. The van der Waals surface area contributed by atoms with Crippen molar-refractivity contribution >= 4 is 46.3 Å². The van der Waals surface area contributed by atoms with Crippen LogP contribution >= 0.6 is 22.9 Å². The van der Waals surface area contributed by atoms with Gasteiger partial charge in [0.15, 0.2) is 12.4 Å². The normalized spacial score (nSPS) is 11.0. The molecule has 0 unspecified atom stereocenters. The number of ether oxygens (including phenoxy) is 1. The smallest absolute Gasteiger partial charge is 0.348 e. The van der Waals surface area contributed by atoms with Crippen LogP contribution in [-0.2, 0) is 9.53 Å². The van der Waals surface area contributed by atoms with Crippen molar-refractivity contribution in [3.05, 3.63) is 51.2 Å². The number of ketones is 1. The minimum Gasteiger partial charge on any atom is -0.453 e. The number of carbonyl (C=O) groups excluding carboxylic acids is 3. The van der Waals surface area contributed by atoms with Crippen LogP contribution in [0.4, 0.5) is 5.69 Å². The number of hydrogen-bond donors (Lipinski definition) is 1. The summed E-state index contributed by atoms with van der Waals surface area (Å²) in [4.78, 5) is 36.2. The number of thiophene rings is 1. The van der Waals surface area contributed by atoms with E-state index in [1.807, 2.05) is 20.8 Å². The molecule has 1 heterocycles. The van der Waals surface area contributed by atoms with Gasteiger partial charge in [-0.1, -0.05) is 32.4 Å². The summed E-state index contributed by atoms with van der Waals surface area (Å²) in [5.74, 6) is -1.03. The lowest BCUT2D eigenvalue weighted by atomic mass is 9.95. The van der Waals surface area contributed by atoms with Crippen LogP contribution in [0.25, 0.3) is 0 Å². The summed E-state index contributed by atoms with van der Waals surface area (Å²) in [5, 5.41) is 2.78. The molecule has 1 N–H and O–H groups in total. The molecule has 0 bridgehead atoms. The molecule has 0 aliphatic carbocycles. The fourth-order valence-electron chi connectivity index (χ4n) is 1.77. The van der Waals surface area contributed by atoms with Crippen LogP contribution < -0.4 is 5.32 Å². The molecule has 25 heavy (non-hydrogen) atoms. The van der Waals surface area contributed by atoms with Gasteiger partial charge in [-0.25, -0.2) is 4.79 Å².